The van der Waals surface area contributed by atoms with Gasteiger partial charge in [-0.25, -0.2) is 0 Å². The van der Waals surface area contributed by atoms with Crippen molar-refractivity contribution in [1.82, 2.24) is 25.0 Å². The van der Waals surface area contributed by atoms with Gasteiger partial charge in [0.25, 0.3) is 0 Å². The highest BCUT2D eigenvalue weighted by molar-refractivity contribution is 7.71. The maximum absolute atomic E-state index is 13.0. The van der Waals surface area contributed by atoms with Crippen LogP contribution in [-0.4, -0.2) is 43.4 Å². The van der Waals surface area contributed by atoms with E-state index in [1.54, 1.807) is 4.57 Å². The van der Waals surface area contributed by atoms with Crippen LogP contribution < -0.4 is 5.32 Å². The van der Waals surface area contributed by atoms with Crippen molar-refractivity contribution in [2.45, 2.75) is 59.2 Å². The topological polar surface area (TPSA) is 100 Å². The average molecular weight is 406 g/mol. The Hall–Kier alpha value is -2.29. The van der Waals surface area contributed by atoms with Gasteiger partial charge in [0, 0.05) is 6.54 Å². The number of likely N-dealkylation sites (tertiary alicyclic amines) is 1. The molecule has 8 nitrogen and oxygen atoms in total. The number of nitrogens with one attached hydrogen (secondary N) is 2. The Bertz CT molecular complexity index is 830. The summed E-state index contributed by atoms with van der Waals surface area (Å²) in [7, 11) is 0. The molecule has 0 saturated carbocycles. The highest BCUT2D eigenvalue weighted by Gasteiger charge is 2.51. The van der Waals surface area contributed by atoms with Gasteiger partial charge in [-0.1, -0.05) is 26.0 Å². The average Bonchev–Trinajstić information content (AvgIpc) is 3.15. The quantitative estimate of drug-likeness (QED) is 0.410. The molecule has 1 aliphatic carbocycles. The van der Waals surface area contributed by atoms with Gasteiger partial charge < -0.3 is 9.88 Å². The summed E-state index contributed by atoms with van der Waals surface area (Å²) in [5.74, 6) is -0.692. The first-order valence-corrected chi connectivity index (χ1v) is 10.2. The minimum absolute atomic E-state index is 0.155. The Morgan fingerprint density at radius 3 is 2.43 bits per heavy atom. The molecule has 1 aromatic heterocycles. The van der Waals surface area contributed by atoms with Gasteiger partial charge in [-0.3, -0.25) is 24.4 Å². The van der Waals surface area contributed by atoms with Crippen LogP contribution >= 0.6 is 12.2 Å². The zero-order chi connectivity index (χ0) is 20.4. The molecule has 3 unspecified atom stereocenters. The van der Waals surface area contributed by atoms with Gasteiger partial charge in [0.15, 0.2) is 10.6 Å². The molecular weight excluding hydrogens is 378 g/mol. The van der Waals surface area contributed by atoms with Crippen LogP contribution in [0.2, 0.25) is 0 Å². The molecule has 9 heteroatoms. The molecular formula is C19H27N5O3S. The Morgan fingerprint density at radius 2 is 1.89 bits per heavy atom. The van der Waals surface area contributed by atoms with Gasteiger partial charge in [0.2, 0.25) is 17.7 Å². The highest BCUT2D eigenvalue weighted by Crippen LogP contribution is 2.37. The first kappa shape index (κ1) is 20.4. The first-order chi connectivity index (χ1) is 13.3. The normalized spacial score (nSPS) is 22.6. The van der Waals surface area contributed by atoms with Gasteiger partial charge in [-0.15, -0.1) is 0 Å². The van der Waals surface area contributed by atoms with Gasteiger partial charge in [-0.2, -0.15) is 5.10 Å². The van der Waals surface area contributed by atoms with Crippen LogP contribution in [0.4, 0.5) is 0 Å². The number of hydrogen-bond donors (Lipinski definition) is 2. The molecule has 1 aliphatic heterocycles. The zero-order valence-electron chi connectivity index (χ0n) is 16.5. The fraction of sp³-hybridized carbons (Fsp3) is 0.632. The summed E-state index contributed by atoms with van der Waals surface area (Å²) < 4.78 is 2.28. The molecule has 3 amide bonds. The number of allylic oxidation sites excluding steroid dienone is 2. The van der Waals surface area contributed by atoms with E-state index in [9.17, 15) is 14.4 Å². The Balaban J connectivity index is 1.78. The molecule has 2 aliphatic rings. The lowest BCUT2D eigenvalue weighted by Gasteiger charge is -2.27. The summed E-state index contributed by atoms with van der Waals surface area (Å²) in [5, 5.41) is 9.70. The number of aromatic amines is 1. The van der Waals surface area contributed by atoms with E-state index in [4.69, 9.17) is 12.2 Å². The number of aromatic nitrogens is 3. The van der Waals surface area contributed by atoms with Crippen molar-refractivity contribution in [3.05, 3.63) is 22.7 Å². The second kappa shape index (κ2) is 8.38. The maximum atomic E-state index is 13.0. The highest BCUT2D eigenvalue weighted by atomic mass is 32.1. The van der Waals surface area contributed by atoms with Crippen LogP contribution in [0.3, 0.4) is 0 Å². The van der Waals surface area contributed by atoms with Crippen LogP contribution in [-0.2, 0) is 27.5 Å². The molecule has 3 rings (SSSR count). The number of hydrogen-bond acceptors (Lipinski definition) is 5. The van der Waals surface area contributed by atoms with Crippen molar-refractivity contribution in [1.29, 1.82) is 0 Å². The number of nitrogens with zero attached hydrogens (tertiary/aromatic N) is 3. The molecule has 152 valence electrons. The summed E-state index contributed by atoms with van der Waals surface area (Å²) in [6.45, 7) is 6.70. The van der Waals surface area contributed by atoms with Gasteiger partial charge in [0.05, 0.1) is 18.4 Å². The molecule has 1 aromatic rings. The van der Waals surface area contributed by atoms with Crippen LogP contribution in [0.5, 0.6) is 0 Å². The number of H-pyrrole nitrogens is 1. The van der Waals surface area contributed by atoms with E-state index in [-0.39, 0.29) is 42.0 Å². The van der Waals surface area contributed by atoms with E-state index in [0.717, 1.165) is 0 Å². The van der Waals surface area contributed by atoms with E-state index < -0.39 is 6.04 Å². The van der Waals surface area contributed by atoms with Gasteiger partial charge >= 0.3 is 0 Å². The predicted molar refractivity (Wildman–Crippen MR) is 105 cm³/mol. The Labute approximate surface area is 169 Å². The van der Waals surface area contributed by atoms with Crippen LogP contribution in [0.15, 0.2) is 12.2 Å². The molecule has 0 bridgehead atoms. The van der Waals surface area contributed by atoms with Crippen LogP contribution in [0.25, 0.3) is 0 Å². The van der Waals surface area contributed by atoms with Crippen LogP contribution in [0.1, 0.15) is 45.9 Å². The van der Waals surface area contributed by atoms with Crippen molar-refractivity contribution in [2.24, 2.45) is 17.8 Å². The SMILES string of the molecule is CCn1c(CNC(=O)C(CC(C)C)N2C(=O)C3CC=CCC3C2=O)n[nH]c1=S. The van der Waals surface area contributed by atoms with Gasteiger partial charge in [-0.05, 0) is 44.3 Å². The maximum Gasteiger partial charge on any atom is 0.243 e. The van der Waals surface area contributed by atoms with E-state index in [1.807, 2.05) is 32.9 Å². The number of carbonyl (C=O) groups is 3. The lowest BCUT2D eigenvalue weighted by atomic mass is 9.85. The smallest absolute Gasteiger partial charge is 0.243 e. The summed E-state index contributed by atoms with van der Waals surface area (Å²) in [6.07, 6.45) is 5.44. The van der Waals surface area contributed by atoms with Gasteiger partial charge in [0.1, 0.15) is 6.04 Å². The molecule has 2 N–H and O–H groups in total. The van der Waals surface area contributed by atoms with E-state index in [1.165, 1.54) is 4.90 Å². The third-order valence-electron chi connectivity index (χ3n) is 5.42. The second-order valence-electron chi connectivity index (χ2n) is 7.75. The lowest BCUT2D eigenvalue weighted by Crippen LogP contribution is -2.50. The molecule has 0 aromatic carbocycles. The Morgan fingerprint density at radius 1 is 1.29 bits per heavy atom. The number of rotatable bonds is 7. The fourth-order valence-corrected chi connectivity index (χ4v) is 4.28. The number of carbonyl (C=O) groups excluding carboxylic acids is 3. The predicted octanol–water partition coefficient (Wildman–Crippen LogP) is 1.94. The summed E-state index contributed by atoms with van der Waals surface area (Å²) >= 11 is 5.17. The number of imide groups is 1. The monoisotopic (exact) mass is 405 g/mol. The third-order valence-corrected chi connectivity index (χ3v) is 5.74. The minimum atomic E-state index is -0.803. The third kappa shape index (κ3) is 3.80. The summed E-state index contributed by atoms with van der Waals surface area (Å²) in [6, 6.07) is -0.803. The molecule has 2 heterocycles. The van der Waals surface area contributed by atoms with Crippen LogP contribution in [0, 0.1) is 22.5 Å². The molecule has 3 atom stereocenters. The van der Waals surface area contributed by atoms with Crippen molar-refractivity contribution in [3.8, 4) is 0 Å². The molecule has 28 heavy (non-hydrogen) atoms. The van der Waals surface area contributed by atoms with E-state index >= 15 is 0 Å². The molecule has 1 fully saturated rings. The molecule has 0 radical (unpaired) electrons. The van der Waals surface area contributed by atoms with Crippen molar-refractivity contribution < 1.29 is 14.4 Å². The van der Waals surface area contributed by atoms with Crippen molar-refractivity contribution in [2.75, 3.05) is 0 Å². The number of amides is 3. The standard InChI is InChI=1S/C19H27N5O3S/c1-4-23-15(21-22-19(23)28)10-20-16(25)14(9-11(2)3)24-17(26)12-7-5-6-8-13(12)18(24)27/h5-6,11-14H,4,7-10H2,1-3H3,(H,20,25)(H,22,28). The summed E-state index contributed by atoms with van der Waals surface area (Å²) in [4.78, 5) is 40.0. The molecule has 0 spiro atoms. The largest absolute Gasteiger partial charge is 0.347 e. The molecule has 1 saturated heterocycles. The zero-order valence-corrected chi connectivity index (χ0v) is 17.3. The van der Waals surface area contributed by atoms with E-state index in [0.29, 0.717) is 36.4 Å². The second-order valence-corrected chi connectivity index (χ2v) is 8.14. The van der Waals surface area contributed by atoms with Crippen molar-refractivity contribution >= 4 is 29.9 Å². The van der Waals surface area contributed by atoms with Crippen molar-refractivity contribution in [3.63, 3.8) is 0 Å². The fourth-order valence-electron chi connectivity index (χ4n) is 4.00. The lowest BCUT2D eigenvalue weighted by molar-refractivity contribution is -0.148. The summed E-state index contributed by atoms with van der Waals surface area (Å²) in [5.41, 5.74) is 0. The number of fused-ring (bicyclic) bond motifs is 1. The first-order valence-electron chi connectivity index (χ1n) is 9.78. The Kier molecular flexibility index (Phi) is 6.12. The van der Waals surface area contributed by atoms with E-state index in [2.05, 4.69) is 15.5 Å². The minimum Gasteiger partial charge on any atom is -0.347 e.